The van der Waals surface area contributed by atoms with E-state index >= 15 is 0 Å². The highest BCUT2D eigenvalue weighted by Gasteiger charge is 2.39. The van der Waals surface area contributed by atoms with Crippen molar-refractivity contribution in [1.29, 1.82) is 0 Å². The fraction of sp³-hybridized carbons (Fsp3) is 0.105. The minimum Gasteiger partial charge on any atom is -0.334 e. The van der Waals surface area contributed by atoms with E-state index in [-0.39, 0.29) is 5.91 Å². The van der Waals surface area contributed by atoms with E-state index in [2.05, 4.69) is 34.8 Å². The van der Waals surface area contributed by atoms with E-state index in [0.29, 0.717) is 27.0 Å². The van der Waals surface area contributed by atoms with Crippen molar-refractivity contribution in [3.05, 3.63) is 58.5 Å². The summed E-state index contributed by atoms with van der Waals surface area (Å²) in [6.07, 6.45) is 0.547. The first-order valence-corrected chi connectivity index (χ1v) is 10.6. The molecule has 1 fully saturated rings. The topological polar surface area (TPSA) is 64.7 Å². The van der Waals surface area contributed by atoms with Crippen LogP contribution in [0, 0.1) is 0 Å². The van der Waals surface area contributed by atoms with Crippen LogP contribution in [0.1, 0.15) is 6.92 Å². The summed E-state index contributed by atoms with van der Waals surface area (Å²) >= 11 is 8.44. The van der Waals surface area contributed by atoms with Gasteiger partial charge in [0.25, 0.3) is 5.91 Å². The number of carbonyl (C=O) groups excluding carboxylic acids is 2. The first-order chi connectivity index (χ1) is 13.6. The number of hydrogen-bond acceptors (Lipinski definition) is 7. The fourth-order valence-corrected chi connectivity index (χ4v) is 5.75. The number of fused-ring (bicyclic) bond motifs is 1. The molecule has 0 atom stereocenters. The van der Waals surface area contributed by atoms with E-state index in [9.17, 15) is 9.59 Å². The van der Waals surface area contributed by atoms with Gasteiger partial charge in [0.15, 0.2) is 4.32 Å². The van der Waals surface area contributed by atoms with Gasteiger partial charge in [0.1, 0.15) is 9.93 Å². The Hall–Kier alpha value is -2.49. The molecule has 9 heteroatoms. The maximum Gasteiger partial charge on any atom is 0.273 e. The fourth-order valence-electron chi connectivity index (χ4n) is 3.07. The maximum absolute atomic E-state index is 13.3. The molecule has 0 spiro atoms. The van der Waals surface area contributed by atoms with Crippen LogP contribution in [0.5, 0.6) is 0 Å². The predicted octanol–water partition coefficient (Wildman–Crippen LogP) is 3.93. The molecule has 4 rings (SSSR count). The largest absolute Gasteiger partial charge is 0.334 e. The summed E-state index contributed by atoms with van der Waals surface area (Å²) in [5.74, 6) is -0.135. The molecule has 1 saturated heterocycles. The minimum absolute atomic E-state index is 0.135. The first kappa shape index (κ1) is 18.9. The molecule has 28 heavy (non-hydrogen) atoms. The Bertz CT molecular complexity index is 1010. The summed E-state index contributed by atoms with van der Waals surface area (Å²) < 4.78 is 0.487. The quantitative estimate of drug-likeness (QED) is 0.324. The summed E-state index contributed by atoms with van der Waals surface area (Å²) in [6.45, 7) is 2.83. The third kappa shape index (κ3) is 3.25. The van der Waals surface area contributed by atoms with Crippen molar-refractivity contribution in [1.82, 2.24) is 5.43 Å². The number of anilines is 3. The van der Waals surface area contributed by atoms with Gasteiger partial charge in [-0.25, -0.2) is 0 Å². The zero-order valence-corrected chi connectivity index (χ0v) is 17.3. The van der Waals surface area contributed by atoms with E-state index in [0.717, 1.165) is 22.2 Å². The van der Waals surface area contributed by atoms with Crippen LogP contribution in [0.3, 0.4) is 0 Å². The number of para-hydroxylation sites is 1. The van der Waals surface area contributed by atoms with Crippen molar-refractivity contribution in [3.8, 4) is 0 Å². The number of benzene rings is 2. The monoisotopic (exact) mass is 428 g/mol. The third-order valence-corrected chi connectivity index (χ3v) is 6.94. The van der Waals surface area contributed by atoms with Crippen LogP contribution in [0.25, 0.3) is 0 Å². The van der Waals surface area contributed by atoms with Crippen molar-refractivity contribution >= 4 is 69.4 Å². The molecular weight excluding hydrogens is 412 g/mol. The molecule has 2 aliphatic heterocycles. The second-order valence-corrected chi connectivity index (χ2v) is 8.57. The lowest BCUT2D eigenvalue weighted by Gasteiger charge is -2.19. The van der Waals surface area contributed by atoms with E-state index in [1.54, 1.807) is 30.0 Å². The van der Waals surface area contributed by atoms with Crippen LogP contribution in [0.15, 0.2) is 63.4 Å². The van der Waals surface area contributed by atoms with Crippen molar-refractivity contribution in [2.24, 2.45) is 0 Å². The maximum atomic E-state index is 13.3. The highest BCUT2D eigenvalue weighted by atomic mass is 32.2. The predicted molar refractivity (Wildman–Crippen MR) is 119 cm³/mol. The van der Waals surface area contributed by atoms with Crippen molar-refractivity contribution in [3.63, 3.8) is 0 Å². The zero-order valence-electron chi connectivity index (χ0n) is 14.8. The first-order valence-electron chi connectivity index (χ1n) is 8.54. The van der Waals surface area contributed by atoms with Crippen LogP contribution in [0.4, 0.5) is 17.1 Å². The highest BCUT2D eigenvalue weighted by molar-refractivity contribution is 8.27. The lowest BCUT2D eigenvalue weighted by molar-refractivity contribution is -0.113. The molecule has 0 unspecified atom stereocenters. The lowest BCUT2D eigenvalue weighted by Crippen LogP contribution is -2.29. The Morgan fingerprint density at radius 2 is 1.96 bits per heavy atom. The van der Waals surface area contributed by atoms with Crippen LogP contribution in [-0.4, -0.2) is 23.2 Å². The number of thioether (sulfide) groups is 2. The molecule has 0 bridgehead atoms. The van der Waals surface area contributed by atoms with E-state index in [1.165, 1.54) is 16.7 Å². The summed E-state index contributed by atoms with van der Waals surface area (Å²) in [4.78, 5) is 29.2. The van der Waals surface area contributed by atoms with Crippen molar-refractivity contribution < 1.29 is 9.59 Å². The van der Waals surface area contributed by atoms with Crippen molar-refractivity contribution in [2.75, 3.05) is 21.8 Å². The van der Waals surface area contributed by atoms with Gasteiger partial charge >= 0.3 is 0 Å². The second-order valence-electron chi connectivity index (χ2n) is 5.89. The number of hydrazine groups is 1. The minimum atomic E-state index is -0.135. The number of thiocarbonyl (C=S) groups is 1. The Morgan fingerprint density at radius 1 is 1.14 bits per heavy atom. The van der Waals surface area contributed by atoms with E-state index in [1.807, 2.05) is 18.2 Å². The van der Waals surface area contributed by atoms with Crippen LogP contribution in [-0.2, 0) is 9.59 Å². The van der Waals surface area contributed by atoms with Gasteiger partial charge in [-0.3, -0.25) is 25.3 Å². The third-order valence-electron chi connectivity index (χ3n) is 4.27. The Balaban J connectivity index is 1.69. The number of hydrogen-bond donors (Lipinski definition) is 2. The lowest BCUT2D eigenvalue weighted by atomic mass is 10.2. The van der Waals surface area contributed by atoms with Gasteiger partial charge in [-0.05, 0) is 37.3 Å². The number of carbonyl (C=O) groups is 2. The molecule has 0 radical (unpaired) electrons. The summed E-state index contributed by atoms with van der Waals surface area (Å²) in [7, 11) is 0. The molecular formula is C19H16N4O2S3. The van der Waals surface area contributed by atoms with Gasteiger partial charge < -0.3 is 4.90 Å². The van der Waals surface area contributed by atoms with Gasteiger partial charge in [0.2, 0.25) is 6.41 Å². The van der Waals surface area contributed by atoms with Gasteiger partial charge in [-0.1, -0.05) is 53.9 Å². The molecule has 2 amide bonds. The molecule has 0 saturated carbocycles. The summed E-state index contributed by atoms with van der Waals surface area (Å²) in [5.41, 5.74) is 7.56. The van der Waals surface area contributed by atoms with Crippen LogP contribution >= 0.6 is 35.7 Å². The number of nitrogens with zero attached hydrogens (tertiary/aromatic N) is 2. The summed E-state index contributed by atoms with van der Waals surface area (Å²) in [6, 6.07) is 15.3. The van der Waals surface area contributed by atoms with E-state index < -0.39 is 0 Å². The van der Waals surface area contributed by atoms with Crippen molar-refractivity contribution in [2.45, 2.75) is 11.8 Å². The van der Waals surface area contributed by atoms with Gasteiger partial charge in [-0.2, -0.15) is 0 Å². The van der Waals surface area contributed by atoms with Crippen LogP contribution < -0.4 is 20.7 Å². The molecule has 2 heterocycles. The van der Waals surface area contributed by atoms with Gasteiger partial charge in [0, 0.05) is 11.4 Å². The highest BCUT2D eigenvalue weighted by Crippen LogP contribution is 2.50. The molecule has 2 aromatic rings. The SMILES string of the molecule is CCN1/C(=C2\SC(=S)N(c3cccc(NNC=O)c3)C2=O)Sc2ccccc21. The standard InChI is InChI=1S/C19H16N4O2S3/c1-2-22-14-8-3-4-9-15(14)27-18(22)16-17(25)23(19(26)28-16)13-7-5-6-12(10-13)21-20-11-24/h3-11,21H,2H2,1H3,(H,20,24)/b18-16+. The van der Waals surface area contributed by atoms with Gasteiger partial charge in [0.05, 0.1) is 17.1 Å². The number of nitrogens with one attached hydrogen (secondary N) is 2. The Kier molecular flexibility index (Phi) is 5.29. The Labute approximate surface area is 176 Å². The molecule has 0 aromatic heterocycles. The average Bonchev–Trinajstić information content (AvgIpc) is 3.22. The molecule has 0 aliphatic carbocycles. The molecule has 2 aliphatic rings. The average molecular weight is 429 g/mol. The second kappa shape index (κ2) is 7.86. The normalized spacial score (nSPS) is 18.5. The zero-order chi connectivity index (χ0) is 19.7. The number of rotatable bonds is 5. The molecule has 6 nitrogen and oxygen atoms in total. The number of amides is 2. The molecule has 2 N–H and O–H groups in total. The molecule has 142 valence electrons. The van der Waals surface area contributed by atoms with Gasteiger partial charge in [-0.15, -0.1) is 0 Å². The summed E-state index contributed by atoms with van der Waals surface area (Å²) in [5, 5.41) is 0.917. The molecule has 2 aromatic carbocycles. The Morgan fingerprint density at radius 3 is 2.75 bits per heavy atom. The van der Waals surface area contributed by atoms with Crippen LogP contribution in [0.2, 0.25) is 0 Å². The van der Waals surface area contributed by atoms with E-state index in [4.69, 9.17) is 12.2 Å². The smallest absolute Gasteiger partial charge is 0.273 e.